The van der Waals surface area contributed by atoms with E-state index in [2.05, 4.69) is 10.2 Å². The van der Waals surface area contributed by atoms with Gasteiger partial charge >= 0.3 is 0 Å². The number of rotatable bonds is 3. The molecular weight excluding hydrogens is 238 g/mol. The summed E-state index contributed by atoms with van der Waals surface area (Å²) in [5.41, 5.74) is 7.85. The van der Waals surface area contributed by atoms with Crippen LogP contribution >= 0.6 is 0 Å². The van der Waals surface area contributed by atoms with E-state index in [1.807, 2.05) is 18.2 Å². The molecular formula is C15H23N3O. The molecule has 1 aromatic rings. The Balaban J connectivity index is 1.68. The molecule has 2 aliphatic rings. The van der Waals surface area contributed by atoms with Gasteiger partial charge in [0.2, 0.25) is 0 Å². The number of piperidine rings is 1. The lowest BCUT2D eigenvalue weighted by molar-refractivity contribution is 0.188. The maximum absolute atomic E-state index is 6.04. The molecule has 1 aromatic carbocycles. The second-order valence-corrected chi connectivity index (χ2v) is 5.65. The van der Waals surface area contributed by atoms with Gasteiger partial charge in [-0.2, -0.15) is 0 Å². The Bertz CT molecular complexity index is 449. The number of ether oxygens (including phenoxy) is 1. The Morgan fingerprint density at radius 1 is 1.32 bits per heavy atom. The van der Waals surface area contributed by atoms with E-state index >= 15 is 0 Å². The first-order valence-electron chi connectivity index (χ1n) is 7.20. The minimum atomic E-state index is 0.536. The van der Waals surface area contributed by atoms with Crippen molar-refractivity contribution in [1.82, 2.24) is 4.90 Å². The summed E-state index contributed by atoms with van der Waals surface area (Å²) >= 11 is 0. The van der Waals surface area contributed by atoms with Gasteiger partial charge in [0.1, 0.15) is 5.75 Å². The molecule has 2 heterocycles. The number of methoxy groups -OCH3 is 1. The molecule has 0 spiro atoms. The van der Waals surface area contributed by atoms with Gasteiger partial charge in [-0.1, -0.05) is 0 Å². The zero-order chi connectivity index (χ0) is 13.2. The van der Waals surface area contributed by atoms with Gasteiger partial charge in [0, 0.05) is 24.7 Å². The van der Waals surface area contributed by atoms with Crippen LogP contribution in [0.3, 0.4) is 0 Å². The molecule has 4 heteroatoms. The molecule has 19 heavy (non-hydrogen) atoms. The number of nitrogens with two attached hydrogens (primary N) is 1. The highest BCUT2D eigenvalue weighted by Crippen LogP contribution is 2.31. The largest absolute Gasteiger partial charge is 0.497 e. The Labute approximate surface area is 114 Å². The van der Waals surface area contributed by atoms with Crippen molar-refractivity contribution in [2.24, 2.45) is 0 Å². The first-order chi connectivity index (χ1) is 9.26. The van der Waals surface area contributed by atoms with Gasteiger partial charge in [0.25, 0.3) is 0 Å². The summed E-state index contributed by atoms with van der Waals surface area (Å²) in [5.74, 6) is 0.856. The van der Waals surface area contributed by atoms with Crippen LogP contribution in [0.4, 0.5) is 11.4 Å². The number of nitrogens with one attached hydrogen (secondary N) is 1. The van der Waals surface area contributed by atoms with Crippen LogP contribution in [0.25, 0.3) is 0 Å². The van der Waals surface area contributed by atoms with E-state index in [4.69, 9.17) is 10.5 Å². The highest BCUT2D eigenvalue weighted by Gasteiger charge is 2.31. The Morgan fingerprint density at radius 3 is 3.05 bits per heavy atom. The van der Waals surface area contributed by atoms with Crippen molar-refractivity contribution < 1.29 is 4.74 Å². The van der Waals surface area contributed by atoms with Gasteiger partial charge < -0.3 is 20.7 Å². The Hall–Kier alpha value is -1.42. The van der Waals surface area contributed by atoms with Crippen LogP contribution in [-0.4, -0.2) is 37.2 Å². The predicted octanol–water partition coefficient (Wildman–Crippen LogP) is 2.32. The van der Waals surface area contributed by atoms with Crippen LogP contribution in [-0.2, 0) is 0 Å². The summed E-state index contributed by atoms with van der Waals surface area (Å²) in [6, 6.07) is 7.12. The minimum Gasteiger partial charge on any atom is -0.497 e. The van der Waals surface area contributed by atoms with Crippen molar-refractivity contribution in [3.63, 3.8) is 0 Å². The highest BCUT2D eigenvalue weighted by molar-refractivity contribution is 5.68. The predicted molar refractivity (Wildman–Crippen MR) is 78.6 cm³/mol. The number of benzene rings is 1. The highest BCUT2D eigenvalue weighted by atomic mass is 16.5. The SMILES string of the molecule is COc1ccc(N)c(NC2CCN3CCCC3C2)c1. The molecule has 2 fully saturated rings. The fourth-order valence-corrected chi connectivity index (χ4v) is 3.36. The van der Waals surface area contributed by atoms with Crippen molar-refractivity contribution >= 4 is 11.4 Å². The van der Waals surface area contributed by atoms with Crippen LogP contribution < -0.4 is 15.8 Å². The lowest BCUT2D eigenvalue weighted by Crippen LogP contribution is -2.42. The molecule has 2 saturated heterocycles. The van der Waals surface area contributed by atoms with Crippen LogP contribution in [0, 0.1) is 0 Å². The van der Waals surface area contributed by atoms with Crippen molar-refractivity contribution in [3.05, 3.63) is 18.2 Å². The molecule has 0 aliphatic carbocycles. The van der Waals surface area contributed by atoms with E-state index in [1.165, 1.54) is 38.8 Å². The average Bonchev–Trinajstić information content (AvgIpc) is 2.89. The van der Waals surface area contributed by atoms with E-state index in [9.17, 15) is 0 Å². The lowest BCUT2D eigenvalue weighted by atomic mass is 9.97. The smallest absolute Gasteiger partial charge is 0.121 e. The topological polar surface area (TPSA) is 50.5 Å². The molecule has 4 nitrogen and oxygen atoms in total. The van der Waals surface area contributed by atoms with Crippen molar-refractivity contribution in [3.8, 4) is 5.75 Å². The number of hydrogen-bond donors (Lipinski definition) is 2. The molecule has 0 amide bonds. The van der Waals surface area contributed by atoms with E-state index in [-0.39, 0.29) is 0 Å². The summed E-state index contributed by atoms with van der Waals surface area (Å²) in [7, 11) is 1.69. The average molecular weight is 261 g/mol. The number of nitrogen functional groups attached to an aromatic ring is 1. The standard InChI is InChI=1S/C15H23N3O/c1-19-13-4-5-14(16)15(10-13)17-11-6-8-18-7-2-3-12(18)9-11/h4-5,10-12,17H,2-3,6-9,16H2,1H3. The second kappa shape index (κ2) is 5.29. The van der Waals surface area contributed by atoms with Gasteiger partial charge in [-0.15, -0.1) is 0 Å². The van der Waals surface area contributed by atoms with E-state index in [1.54, 1.807) is 7.11 Å². The van der Waals surface area contributed by atoms with E-state index < -0.39 is 0 Å². The quantitative estimate of drug-likeness (QED) is 0.820. The van der Waals surface area contributed by atoms with E-state index in [0.29, 0.717) is 6.04 Å². The van der Waals surface area contributed by atoms with Crippen molar-refractivity contribution in [2.75, 3.05) is 31.2 Å². The van der Waals surface area contributed by atoms with Gasteiger partial charge in [-0.25, -0.2) is 0 Å². The zero-order valence-electron chi connectivity index (χ0n) is 11.6. The zero-order valence-corrected chi connectivity index (χ0v) is 11.6. The molecule has 0 bridgehead atoms. The van der Waals surface area contributed by atoms with Gasteiger partial charge in [-0.05, 0) is 44.4 Å². The third-order valence-electron chi connectivity index (χ3n) is 4.44. The maximum Gasteiger partial charge on any atom is 0.121 e. The summed E-state index contributed by atoms with van der Waals surface area (Å²) in [6.07, 6.45) is 5.15. The number of fused-ring (bicyclic) bond motifs is 1. The van der Waals surface area contributed by atoms with Gasteiger partial charge in [0.15, 0.2) is 0 Å². The van der Waals surface area contributed by atoms with Crippen molar-refractivity contribution in [1.29, 1.82) is 0 Å². The normalized spacial score (nSPS) is 27.0. The Morgan fingerprint density at radius 2 is 2.21 bits per heavy atom. The second-order valence-electron chi connectivity index (χ2n) is 5.65. The van der Waals surface area contributed by atoms with Crippen LogP contribution in [0.1, 0.15) is 25.7 Å². The summed E-state index contributed by atoms with van der Waals surface area (Å²) < 4.78 is 5.26. The molecule has 0 saturated carbocycles. The van der Waals surface area contributed by atoms with Crippen LogP contribution in [0.5, 0.6) is 5.75 Å². The molecule has 2 unspecified atom stereocenters. The van der Waals surface area contributed by atoms with Gasteiger partial charge in [-0.3, -0.25) is 0 Å². The molecule has 0 aromatic heterocycles. The third-order valence-corrected chi connectivity index (χ3v) is 4.44. The van der Waals surface area contributed by atoms with Crippen LogP contribution in [0.2, 0.25) is 0 Å². The monoisotopic (exact) mass is 261 g/mol. The maximum atomic E-state index is 6.04. The number of anilines is 2. The first-order valence-corrected chi connectivity index (χ1v) is 7.20. The minimum absolute atomic E-state index is 0.536. The molecule has 104 valence electrons. The number of hydrogen-bond acceptors (Lipinski definition) is 4. The number of nitrogens with zero attached hydrogens (tertiary/aromatic N) is 1. The first kappa shape index (κ1) is 12.6. The molecule has 0 radical (unpaired) electrons. The van der Waals surface area contributed by atoms with Gasteiger partial charge in [0.05, 0.1) is 18.5 Å². The molecule has 2 atom stereocenters. The summed E-state index contributed by atoms with van der Waals surface area (Å²) in [6.45, 7) is 2.50. The Kier molecular flexibility index (Phi) is 3.51. The molecule has 2 aliphatic heterocycles. The van der Waals surface area contributed by atoms with Crippen LogP contribution in [0.15, 0.2) is 18.2 Å². The van der Waals surface area contributed by atoms with E-state index in [0.717, 1.165) is 23.2 Å². The summed E-state index contributed by atoms with van der Waals surface area (Å²) in [5, 5.41) is 3.60. The molecule has 3 N–H and O–H groups in total. The lowest BCUT2D eigenvalue weighted by Gasteiger charge is -2.35. The fourth-order valence-electron chi connectivity index (χ4n) is 3.36. The summed E-state index contributed by atoms with van der Waals surface area (Å²) in [4.78, 5) is 2.63. The molecule has 3 rings (SSSR count). The van der Waals surface area contributed by atoms with Crippen molar-refractivity contribution in [2.45, 2.75) is 37.8 Å². The fraction of sp³-hybridized carbons (Fsp3) is 0.600. The third kappa shape index (κ3) is 2.63.